The molecule has 0 fully saturated rings. The lowest BCUT2D eigenvalue weighted by Crippen LogP contribution is -2.28. The van der Waals surface area contributed by atoms with Gasteiger partial charge in [-0.05, 0) is 6.07 Å². The number of benzene rings is 1. The summed E-state index contributed by atoms with van der Waals surface area (Å²) in [5, 5.41) is 11.3. The predicted octanol–water partition coefficient (Wildman–Crippen LogP) is 0.164. The fourth-order valence-electron chi connectivity index (χ4n) is 1.22. The molecule has 0 heterocycles. The summed E-state index contributed by atoms with van der Waals surface area (Å²) in [6, 6.07) is 9.22. The van der Waals surface area contributed by atoms with E-state index >= 15 is 0 Å². The molecule has 0 spiro atoms. The number of nitriles is 1. The molecule has 5 nitrogen and oxygen atoms in total. The Morgan fingerprint density at radius 1 is 1.50 bits per heavy atom. The zero-order valence-corrected chi connectivity index (χ0v) is 8.77. The lowest BCUT2D eigenvalue weighted by atomic mass is 10.2. The van der Waals surface area contributed by atoms with Gasteiger partial charge in [0.05, 0.1) is 6.54 Å². The quantitative estimate of drug-likeness (QED) is 0.713. The molecule has 84 valence electrons. The van der Waals surface area contributed by atoms with Crippen LogP contribution in [0.15, 0.2) is 24.3 Å². The molecule has 0 aliphatic carbocycles. The zero-order valence-electron chi connectivity index (χ0n) is 8.77. The summed E-state index contributed by atoms with van der Waals surface area (Å²) in [7, 11) is 0. The van der Waals surface area contributed by atoms with Crippen LogP contribution in [-0.2, 0) is 11.3 Å². The molecule has 1 aromatic carbocycles. The highest BCUT2D eigenvalue weighted by atomic mass is 16.5. The molecule has 3 N–H and O–H groups in total. The van der Waals surface area contributed by atoms with Gasteiger partial charge in [0.1, 0.15) is 11.8 Å². The van der Waals surface area contributed by atoms with Crippen molar-refractivity contribution in [3.63, 3.8) is 0 Å². The van der Waals surface area contributed by atoms with Crippen molar-refractivity contribution < 1.29 is 9.53 Å². The second kappa shape index (κ2) is 6.43. The van der Waals surface area contributed by atoms with E-state index in [1.54, 1.807) is 6.07 Å². The Morgan fingerprint density at radius 2 is 2.25 bits per heavy atom. The summed E-state index contributed by atoms with van der Waals surface area (Å²) in [5.74, 6) is 0.233. The molecular weight excluding hydrogens is 206 g/mol. The van der Waals surface area contributed by atoms with E-state index < -0.39 is 5.91 Å². The number of ether oxygens (including phenoxy) is 1. The normalized spacial score (nSPS) is 9.44. The monoisotopic (exact) mass is 219 g/mol. The lowest BCUT2D eigenvalue weighted by Gasteiger charge is -2.09. The summed E-state index contributed by atoms with van der Waals surface area (Å²) >= 11 is 0. The minimum absolute atomic E-state index is 0.00678. The first-order valence-corrected chi connectivity index (χ1v) is 4.80. The molecule has 0 aromatic heterocycles. The average Bonchev–Trinajstić information content (AvgIpc) is 2.27. The maximum atomic E-state index is 10.5. The molecule has 0 unspecified atom stereocenters. The maximum absolute atomic E-state index is 10.5. The lowest BCUT2D eigenvalue weighted by molar-refractivity contribution is -0.117. The van der Waals surface area contributed by atoms with Crippen molar-refractivity contribution in [1.82, 2.24) is 5.32 Å². The first kappa shape index (κ1) is 12.0. The SMILES string of the molecule is N#CCOc1ccccc1CNCC(N)=O. The van der Waals surface area contributed by atoms with Crippen molar-refractivity contribution in [2.24, 2.45) is 5.73 Å². The number of hydrogen-bond donors (Lipinski definition) is 2. The highest BCUT2D eigenvalue weighted by Gasteiger charge is 2.02. The topological polar surface area (TPSA) is 88.1 Å². The number of carbonyl (C=O) groups is 1. The van der Waals surface area contributed by atoms with E-state index in [1.165, 1.54) is 0 Å². The largest absolute Gasteiger partial charge is 0.478 e. The van der Waals surface area contributed by atoms with Crippen LogP contribution in [0.25, 0.3) is 0 Å². The van der Waals surface area contributed by atoms with Crippen LogP contribution in [0.3, 0.4) is 0 Å². The Labute approximate surface area is 93.8 Å². The van der Waals surface area contributed by atoms with Gasteiger partial charge in [0.25, 0.3) is 0 Å². The summed E-state index contributed by atoms with van der Waals surface area (Å²) < 4.78 is 5.23. The number of para-hydroxylation sites is 1. The van der Waals surface area contributed by atoms with Crippen molar-refractivity contribution in [2.75, 3.05) is 13.2 Å². The maximum Gasteiger partial charge on any atom is 0.231 e. The fraction of sp³-hybridized carbons (Fsp3) is 0.273. The van der Waals surface area contributed by atoms with Crippen LogP contribution in [0.2, 0.25) is 0 Å². The molecule has 1 rings (SSSR count). The minimum atomic E-state index is -0.407. The summed E-state index contributed by atoms with van der Waals surface area (Å²) in [5.41, 5.74) is 5.89. The van der Waals surface area contributed by atoms with Crippen LogP contribution >= 0.6 is 0 Å². The number of primary amides is 1. The van der Waals surface area contributed by atoms with E-state index in [4.69, 9.17) is 15.7 Å². The number of amides is 1. The Balaban J connectivity index is 2.57. The van der Waals surface area contributed by atoms with Gasteiger partial charge in [0.2, 0.25) is 5.91 Å². The van der Waals surface area contributed by atoms with Crippen molar-refractivity contribution in [2.45, 2.75) is 6.54 Å². The van der Waals surface area contributed by atoms with E-state index in [9.17, 15) is 4.79 Å². The molecular formula is C11H13N3O2. The standard InChI is InChI=1S/C11H13N3O2/c12-5-6-16-10-4-2-1-3-9(10)7-14-8-11(13)15/h1-4,14H,6-8H2,(H2,13,15). The van der Waals surface area contributed by atoms with Crippen molar-refractivity contribution >= 4 is 5.91 Å². The second-order valence-electron chi connectivity index (χ2n) is 3.12. The fourth-order valence-corrected chi connectivity index (χ4v) is 1.22. The molecule has 0 aliphatic heterocycles. The number of nitrogens with two attached hydrogens (primary N) is 1. The van der Waals surface area contributed by atoms with Gasteiger partial charge in [-0.25, -0.2) is 0 Å². The Kier molecular flexibility index (Phi) is 4.83. The molecule has 5 heteroatoms. The van der Waals surface area contributed by atoms with E-state index in [0.29, 0.717) is 12.3 Å². The van der Waals surface area contributed by atoms with Crippen molar-refractivity contribution in [3.05, 3.63) is 29.8 Å². The van der Waals surface area contributed by atoms with Gasteiger partial charge in [-0.1, -0.05) is 18.2 Å². The average molecular weight is 219 g/mol. The van der Waals surface area contributed by atoms with E-state index in [2.05, 4.69) is 5.32 Å². The molecule has 0 radical (unpaired) electrons. The number of nitrogens with one attached hydrogen (secondary N) is 1. The van der Waals surface area contributed by atoms with E-state index in [0.717, 1.165) is 5.56 Å². The first-order valence-electron chi connectivity index (χ1n) is 4.80. The predicted molar refractivity (Wildman–Crippen MR) is 58.5 cm³/mol. The number of carbonyl (C=O) groups excluding carboxylic acids is 1. The smallest absolute Gasteiger partial charge is 0.231 e. The first-order chi connectivity index (χ1) is 7.74. The Hall–Kier alpha value is -2.06. The number of rotatable bonds is 6. The van der Waals surface area contributed by atoms with E-state index in [-0.39, 0.29) is 13.2 Å². The molecule has 1 aromatic rings. The van der Waals surface area contributed by atoms with Gasteiger partial charge in [-0.15, -0.1) is 0 Å². The van der Waals surface area contributed by atoms with Gasteiger partial charge in [0.15, 0.2) is 6.61 Å². The summed E-state index contributed by atoms with van der Waals surface area (Å²) in [6.07, 6.45) is 0. The number of hydrogen-bond acceptors (Lipinski definition) is 4. The third-order valence-electron chi connectivity index (χ3n) is 1.88. The summed E-state index contributed by atoms with van der Waals surface area (Å²) in [6.45, 7) is 0.601. The Morgan fingerprint density at radius 3 is 2.94 bits per heavy atom. The molecule has 0 atom stereocenters. The van der Waals surface area contributed by atoms with E-state index in [1.807, 2.05) is 24.3 Å². The van der Waals surface area contributed by atoms with Crippen LogP contribution in [0.1, 0.15) is 5.56 Å². The van der Waals surface area contributed by atoms with Crippen LogP contribution < -0.4 is 15.8 Å². The molecule has 0 bridgehead atoms. The van der Waals surface area contributed by atoms with Crippen LogP contribution in [0.4, 0.5) is 0 Å². The van der Waals surface area contributed by atoms with Gasteiger partial charge >= 0.3 is 0 Å². The molecule has 0 saturated heterocycles. The van der Waals surface area contributed by atoms with Crippen molar-refractivity contribution in [3.8, 4) is 11.8 Å². The molecule has 16 heavy (non-hydrogen) atoms. The van der Waals surface area contributed by atoms with Gasteiger partial charge in [0, 0.05) is 12.1 Å². The van der Waals surface area contributed by atoms with Gasteiger partial charge in [-0.2, -0.15) is 5.26 Å². The third-order valence-corrected chi connectivity index (χ3v) is 1.88. The number of nitrogens with zero attached hydrogens (tertiary/aromatic N) is 1. The zero-order chi connectivity index (χ0) is 11.8. The molecule has 0 aliphatic rings. The van der Waals surface area contributed by atoms with Crippen molar-refractivity contribution in [1.29, 1.82) is 5.26 Å². The Bertz CT molecular complexity index is 398. The second-order valence-corrected chi connectivity index (χ2v) is 3.12. The molecule has 0 saturated carbocycles. The van der Waals surface area contributed by atoms with Gasteiger partial charge < -0.3 is 15.8 Å². The highest BCUT2D eigenvalue weighted by Crippen LogP contribution is 2.17. The summed E-state index contributed by atoms with van der Waals surface area (Å²) in [4.78, 5) is 10.5. The highest BCUT2D eigenvalue weighted by molar-refractivity contribution is 5.75. The van der Waals surface area contributed by atoms with Crippen LogP contribution in [0.5, 0.6) is 5.75 Å². The van der Waals surface area contributed by atoms with Gasteiger partial charge in [-0.3, -0.25) is 4.79 Å². The minimum Gasteiger partial charge on any atom is -0.478 e. The van der Waals surface area contributed by atoms with Crippen LogP contribution in [0, 0.1) is 11.3 Å². The van der Waals surface area contributed by atoms with Crippen LogP contribution in [-0.4, -0.2) is 19.1 Å². The molecule has 1 amide bonds. The third kappa shape index (κ3) is 3.98.